The summed E-state index contributed by atoms with van der Waals surface area (Å²) < 4.78 is 0.512. The summed E-state index contributed by atoms with van der Waals surface area (Å²) in [5.41, 5.74) is 0. The molecule has 0 unspecified atom stereocenters. The molecule has 0 aliphatic carbocycles. The van der Waals surface area contributed by atoms with E-state index >= 15 is 0 Å². The monoisotopic (exact) mass is 145 g/mol. The van der Waals surface area contributed by atoms with Gasteiger partial charge in [0.15, 0.2) is 0 Å². The molecule has 0 aliphatic heterocycles. The van der Waals surface area contributed by atoms with Crippen molar-refractivity contribution >= 4 is 28.7 Å². The molecule has 1 aromatic heterocycles. The van der Waals surface area contributed by atoms with Gasteiger partial charge in [-0.3, -0.25) is 0 Å². The molecule has 0 radical (unpaired) electrons. The zero-order valence-electron chi connectivity index (χ0n) is 3.66. The maximum Gasteiger partial charge on any atom is 0.547 e. The van der Waals surface area contributed by atoms with Gasteiger partial charge in [0.1, 0.15) is 0 Å². The second-order valence-corrected chi connectivity index (χ2v) is 2.64. The van der Waals surface area contributed by atoms with Crippen LogP contribution in [0.2, 0.25) is 0 Å². The summed E-state index contributed by atoms with van der Waals surface area (Å²) in [5, 5.41) is 14.3. The molecule has 1 heterocycles. The summed E-state index contributed by atoms with van der Waals surface area (Å²) in [6, 6.07) is 0. The van der Waals surface area contributed by atoms with Crippen molar-refractivity contribution in [2.45, 2.75) is 0 Å². The van der Waals surface area contributed by atoms with Crippen LogP contribution >= 0.6 is 23.6 Å². The minimum absolute atomic E-state index is 0.259. The highest BCUT2D eigenvalue weighted by Gasteiger charge is 2.06. The van der Waals surface area contributed by atoms with Crippen molar-refractivity contribution in [3.05, 3.63) is 8.93 Å². The third kappa shape index (κ3) is 0.882. The van der Waals surface area contributed by atoms with Crippen LogP contribution in [0.5, 0.6) is 0 Å². The molecule has 0 aromatic carbocycles. The number of rotatable bonds is 0. The van der Waals surface area contributed by atoms with E-state index in [1.807, 2.05) is 0 Å². The molecule has 1 aromatic rings. The zero-order valence-corrected chi connectivity index (χ0v) is 5.29. The molecule has 0 fully saturated rings. The van der Waals surface area contributed by atoms with Gasteiger partial charge in [0.05, 0.1) is 10.5 Å². The molecule has 0 bridgehead atoms. The summed E-state index contributed by atoms with van der Waals surface area (Å²) in [7, 11) is 0. The Morgan fingerprint density at radius 2 is 2.62 bits per heavy atom. The predicted molar refractivity (Wildman–Crippen MR) is 32.0 cm³/mol. The fourth-order valence-corrected chi connectivity index (χ4v) is 0.923. The Kier molecular flexibility index (Phi) is 1.32. The summed E-state index contributed by atoms with van der Waals surface area (Å²) >= 11 is 5.75. The summed E-state index contributed by atoms with van der Waals surface area (Å²) in [4.78, 5) is 2.80. The van der Waals surface area contributed by atoms with Crippen LogP contribution in [0.3, 0.4) is 0 Å². The van der Waals surface area contributed by atoms with E-state index in [4.69, 9.17) is 5.39 Å². The standard InChI is InChI=1S/C2N4S2/c3-4-1-5-6-2(7)8-1/p+1. The van der Waals surface area contributed by atoms with Gasteiger partial charge < -0.3 is 0 Å². The molecule has 0 saturated heterocycles. The van der Waals surface area contributed by atoms with Crippen molar-refractivity contribution < 1.29 is 0 Å². The van der Waals surface area contributed by atoms with Crippen LogP contribution in [0.1, 0.15) is 0 Å². The van der Waals surface area contributed by atoms with Crippen molar-refractivity contribution in [3.63, 3.8) is 0 Å². The molecule has 0 spiro atoms. The molecular formula is C2HN4S2+. The second-order valence-electron chi connectivity index (χ2n) is 0.996. The minimum atomic E-state index is 0.259. The van der Waals surface area contributed by atoms with Crippen molar-refractivity contribution in [2.24, 2.45) is 0 Å². The smallest absolute Gasteiger partial charge is 0.162 e. The number of hydrogen-bond donors (Lipinski definition) is 1. The van der Waals surface area contributed by atoms with E-state index in [-0.39, 0.29) is 5.13 Å². The lowest BCUT2D eigenvalue weighted by molar-refractivity contribution is 1.09. The van der Waals surface area contributed by atoms with E-state index in [9.17, 15) is 0 Å². The first-order valence-corrected chi connectivity index (χ1v) is 2.96. The molecule has 0 aliphatic rings. The molecule has 0 amide bonds. The Labute approximate surface area is 53.8 Å². The Balaban J connectivity index is 3.25. The van der Waals surface area contributed by atoms with Gasteiger partial charge in [0.2, 0.25) is 3.95 Å². The van der Waals surface area contributed by atoms with Gasteiger partial charge in [-0.15, -0.1) is 0 Å². The van der Waals surface area contributed by atoms with Gasteiger partial charge in [-0.2, -0.15) is 5.10 Å². The molecule has 4 nitrogen and oxygen atoms in total. The first kappa shape index (κ1) is 5.34. The molecular weight excluding hydrogens is 144 g/mol. The fraction of sp³-hybridized carbons (Fsp3) is 0. The Bertz CT molecular complexity index is 264. The van der Waals surface area contributed by atoms with Crippen LogP contribution in [0.15, 0.2) is 0 Å². The number of aromatic amines is 1. The van der Waals surface area contributed by atoms with Gasteiger partial charge in [-0.1, -0.05) is 0 Å². The number of nitrogens with zero attached hydrogens (tertiary/aromatic N) is 3. The highest BCUT2D eigenvalue weighted by atomic mass is 32.1. The van der Waals surface area contributed by atoms with E-state index < -0.39 is 0 Å². The van der Waals surface area contributed by atoms with Crippen molar-refractivity contribution in [1.82, 2.24) is 10.2 Å². The van der Waals surface area contributed by atoms with Gasteiger partial charge in [-0.25, -0.2) is 0 Å². The molecule has 6 heteroatoms. The number of aromatic nitrogens is 2. The van der Waals surface area contributed by atoms with E-state index in [0.717, 1.165) is 11.3 Å². The van der Waals surface area contributed by atoms with Crippen LogP contribution in [0, 0.1) is 9.35 Å². The molecule has 1 N–H and O–H groups in total. The molecule has 8 heavy (non-hydrogen) atoms. The van der Waals surface area contributed by atoms with Crippen LogP contribution in [-0.2, 0) is 0 Å². The highest BCUT2D eigenvalue weighted by Crippen LogP contribution is 2.13. The van der Waals surface area contributed by atoms with Gasteiger partial charge in [0, 0.05) is 16.3 Å². The normalized spacial score (nSPS) is 8.38. The SMILES string of the molecule is N#[N+]c1n[nH]c(=S)s1. The maximum absolute atomic E-state index is 8.06. The summed E-state index contributed by atoms with van der Waals surface area (Å²) in [6.45, 7) is 0. The Morgan fingerprint density at radius 1 is 1.88 bits per heavy atom. The van der Waals surface area contributed by atoms with E-state index in [2.05, 4.69) is 27.4 Å². The first-order chi connectivity index (χ1) is 3.83. The van der Waals surface area contributed by atoms with Gasteiger partial charge in [-0.05, 0) is 12.2 Å². The highest BCUT2D eigenvalue weighted by molar-refractivity contribution is 7.73. The lowest BCUT2D eigenvalue weighted by atomic mass is 11.3. The van der Waals surface area contributed by atoms with Crippen LogP contribution in [-0.4, -0.2) is 10.2 Å². The lowest BCUT2D eigenvalue weighted by Crippen LogP contribution is -1.60. The van der Waals surface area contributed by atoms with Crippen LogP contribution < -0.4 is 0 Å². The second kappa shape index (κ2) is 1.98. The maximum atomic E-state index is 8.06. The van der Waals surface area contributed by atoms with E-state index in [0.29, 0.717) is 3.95 Å². The molecule has 0 saturated carbocycles. The fourth-order valence-electron chi connectivity index (χ4n) is 0.265. The number of H-pyrrole nitrogens is 1. The van der Waals surface area contributed by atoms with Crippen molar-refractivity contribution in [3.8, 4) is 0 Å². The van der Waals surface area contributed by atoms with Crippen molar-refractivity contribution in [1.29, 1.82) is 5.39 Å². The molecule has 0 atom stereocenters. The van der Waals surface area contributed by atoms with Gasteiger partial charge in [0.25, 0.3) is 0 Å². The predicted octanol–water partition coefficient (Wildman–Crippen LogP) is 1.69. The number of hydrogen-bond acceptors (Lipinski definition) is 4. The number of nitrogens with one attached hydrogen (secondary N) is 1. The molecule has 40 valence electrons. The Morgan fingerprint density at radius 3 is 2.88 bits per heavy atom. The lowest BCUT2D eigenvalue weighted by Gasteiger charge is -1.43. The first-order valence-electron chi connectivity index (χ1n) is 1.73. The van der Waals surface area contributed by atoms with E-state index in [1.165, 1.54) is 0 Å². The van der Waals surface area contributed by atoms with E-state index in [1.54, 1.807) is 0 Å². The van der Waals surface area contributed by atoms with Crippen molar-refractivity contribution in [2.75, 3.05) is 0 Å². The largest absolute Gasteiger partial charge is 0.547 e. The minimum Gasteiger partial charge on any atom is -0.162 e. The number of diazo groups is 1. The summed E-state index contributed by atoms with van der Waals surface area (Å²) in [5.74, 6) is 0. The third-order valence-corrected chi connectivity index (χ3v) is 1.49. The Hall–Kier alpha value is -0.800. The average Bonchev–Trinajstić information content (AvgIpc) is 2.14. The zero-order chi connectivity index (χ0) is 5.98. The average molecular weight is 145 g/mol. The topological polar surface area (TPSA) is 56.8 Å². The van der Waals surface area contributed by atoms with Crippen LogP contribution in [0.4, 0.5) is 5.13 Å². The quantitative estimate of drug-likeness (QED) is 0.446. The third-order valence-electron chi connectivity index (χ3n) is 0.512. The van der Waals surface area contributed by atoms with Gasteiger partial charge >= 0.3 is 5.13 Å². The molecule has 1 rings (SSSR count). The van der Waals surface area contributed by atoms with Crippen LogP contribution in [0.25, 0.3) is 4.98 Å². The summed E-state index contributed by atoms with van der Waals surface area (Å²) in [6.07, 6.45) is 0.